The Hall–Kier alpha value is -1.55. The lowest BCUT2D eigenvalue weighted by molar-refractivity contribution is -0.0212. The van der Waals surface area contributed by atoms with Gasteiger partial charge in [0.15, 0.2) is 0 Å². The highest BCUT2D eigenvalue weighted by molar-refractivity contribution is 5.81. The van der Waals surface area contributed by atoms with E-state index in [0.717, 1.165) is 11.0 Å². The van der Waals surface area contributed by atoms with Crippen molar-refractivity contribution in [1.29, 1.82) is 0 Å². The van der Waals surface area contributed by atoms with Crippen LogP contribution >= 0.6 is 0 Å². The Morgan fingerprint density at radius 3 is 2.78 bits per heavy atom. The lowest BCUT2D eigenvalue weighted by Gasteiger charge is -2.26. The number of nitrogen functional groups attached to an aromatic ring is 1. The van der Waals surface area contributed by atoms with E-state index in [-0.39, 0.29) is 5.60 Å². The van der Waals surface area contributed by atoms with E-state index in [2.05, 4.69) is 31.8 Å². The Kier molecular flexibility index (Phi) is 3.30. The zero-order valence-electron chi connectivity index (χ0n) is 11.5. The normalized spacial score (nSPS) is 12.2. The monoisotopic (exact) mass is 247 g/mol. The number of fused-ring (bicyclic) bond motifs is 1. The van der Waals surface area contributed by atoms with E-state index < -0.39 is 0 Å². The molecule has 0 spiro atoms. The highest BCUT2D eigenvalue weighted by atomic mass is 16.5. The fraction of sp³-hybridized carbons (Fsp3) is 0.500. The van der Waals surface area contributed by atoms with Gasteiger partial charge in [-0.2, -0.15) is 0 Å². The lowest BCUT2D eigenvalue weighted by Crippen LogP contribution is -2.31. The molecule has 4 heteroatoms. The molecular weight excluding hydrogens is 226 g/mol. The van der Waals surface area contributed by atoms with Gasteiger partial charge in [-0.25, -0.2) is 4.98 Å². The summed E-state index contributed by atoms with van der Waals surface area (Å²) >= 11 is 0. The molecule has 2 N–H and O–H groups in total. The van der Waals surface area contributed by atoms with Crippen LogP contribution in [0.2, 0.25) is 0 Å². The van der Waals surface area contributed by atoms with Crippen molar-refractivity contribution in [1.82, 2.24) is 9.55 Å². The van der Waals surface area contributed by atoms with Gasteiger partial charge in [-0.15, -0.1) is 0 Å². The number of anilines is 1. The number of hydrogen-bond donors (Lipinski definition) is 1. The van der Waals surface area contributed by atoms with E-state index >= 15 is 0 Å². The van der Waals surface area contributed by atoms with Crippen molar-refractivity contribution in [2.45, 2.75) is 39.8 Å². The van der Waals surface area contributed by atoms with Crippen molar-refractivity contribution in [3.05, 3.63) is 23.8 Å². The number of nitrogens with two attached hydrogens (primary N) is 1. The Morgan fingerprint density at radius 2 is 2.11 bits per heavy atom. The molecule has 0 aliphatic carbocycles. The molecule has 0 unspecified atom stereocenters. The minimum Gasteiger partial charge on any atom is -0.374 e. The van der Waals surface area contributed by atoms with Crippen molar-refractivity contribution in [3.8, 4) is 0 Å². The number of imidazole rings is 1. The summed E-state index contributed by atoms with van der Waals surface area (Å²) in [6.45, 7) is 9.61. The first kappa shape index (κ1) is 12.9. The van der Waals surface area contributed by atoms with Crippen molar-refractivity contribution in [3.63, 3.8) is 0 Å². The summed E-state index contributed by atoms with van der Waals surface area (Å²) in [5.41, 5.74) is 9.00. The van der Waals surface area contributed by atoms with Crippen LogP contribution in [0, 0.1) is 6.92 Å². The molecule has 0 saturated carbocycles. The van der Waals surface area contributed by atoms with Crippen molar-refractivity contribution < 1.29 is 4.74 Å². The first-order valence-electron chi connectivity index (χ1n) is 6.30. The maximum atomic E-state index is 6.02. The summed E-state index contributed by atoms with van der Waals surface area (Å²) in [7, 11) is 0. The Morgan fingerprint density at radius 1 is 1.39 bits per heavy atom. The second-order valence-electron chi connectivity index (χ2n) is 5.19. The van der Waals surface area contributed by atoms with Gasteiger partial charge in [0.2, 0.25) is 5.95 Å². The number of ether oxygens (including phenoxy) is 1. The highest BCUT2D eigenvalue weighted by Crippen LogP contribution is 2.24. The summed E-state index contributed by atoms with van der Waals surface area (Å²) in [6, 6.07) is 6.07. The first-order chi connectivity index (χ1) is 8.44. The number of aromatic nitrogens is 2. The third-order valence-electron chi connectivity index (χ3n) is 3.07. The van der Waals surface area contributed by atoms with Crippen molar-refractivity contribution >= 4 is 17.0 Å². The predicted octanol–water partition coefficient (Wildman–Crippen LogP) is 2.74. The smallest absolute Gasteiger partial charge is 0.201 e. The van der Waals surface area contributed by atoms with Gasteiger partial charge in [0, 0.05) is 6.61 Å². The maximum Gasteiger partial charge on any atom is 0.201 e. The van der Waals surface area contributed by atoms with E-state index in [0.29, 0.717) is 19.1 Å². The van der Waals surface area contributed by atoms with Gasteiger partial charge in [-0.1, -0.05) is 12.1 Å². The largest absolute Gasteiger partial charge is 0.374 e. The van der Waals surface area contributed by atoms with Crippen molar-refractivity contribution in [2.24, 2.45) is 0 Å². The molecule has 4 nitrogen and oxygen atoms in total. The van der Waals surface area contributed by atoms with E-state index in [1.807, 2.05) is 23.6 Å². The van der Waals surface area contributed by atoms with Gasteiger partial charge in [0.05, 0.1) is 23.2 Å². The third kappa shape index (κ3) is 2.34. The number of aryl methyl sites for hydroxylation is 1. The molecule has 0 radical (unpaired) electrons. The van der Waals surface area contributed by atoms with Gasteiger partial charge in [0.1, 0.15) is 0 Å². The summed E-state index contributed by atoms with van der Waals surface area (Å²) in [4.78, 5) is 4.40. The molecule has 18 heavy (non-hydrogen) atoms. The molecule has 0 aliphatic rings. The zero-order chi connectivity index (χ0) is 13.3. The molecule has 98 valence electrons. The molecule has 0 atom stereocenters. The molecule has 0 saturated heterocycles. The Bertz CT molecular complexity index is 557. The standard InChI is InChI=1S/C14H21N3O/c1-5-18-14(3,4)9-17-12-10(2)7-6-8-11(12)16-13(17)15/h6-8H,5,9H2,1-4H3,(H2,15,16). The SMILES string of the molecule is CCOC(C)(C)Cn1c(N)nc2cccc(C)c21. The van der Waals surface area contributed by atoms with Crippen LogP contribution in [0.15, 0.2) is 18.2 Å². The maximum absolute atomic E-state index is 6.02. The molecule has 0 fully saturated rings. The van der Waals surface area contributed by atoms with Crippen LogP contribution in [0.4, 0.5) is 5.95 Å². The van der Waals surface area contributed by atoms with Crippen LogP contribution in [0.5, 0.6) is 0 Å². The quantitative estimate of drug-likeness (QED) is 0.903. The van der Waals surface area contributed by atoms with Gasteiger partial charge >= 0.3 is 0 Å². The number of para-hydroxylation sites is 1. The second kappa shape index (κ2) is 4.61. The molecule has 0 bridgehead atoms. The number of hydrogen-bond acceptors (Lipinski definition) is 3. The van der Waals surface area contributed by atoms with Crippen LogP contribution < -0.4 is 5.73 Å². The van der Waals surface area contributed by atoms with Crippen LogP contribution in [-0.4, -0.2) is 21.8 Å². The van der Waals surface area contributed by atoms with E-state index in [4.69, 9.17) is 10.5 Å². The molecule has 1 aromatic carbocycles. The highest BCUT2D eigenvalue weighted by Gasteiger charge is 2.21. The third-order valence-corrected chi connectivity index (χ3v) is 3.07. The molecule has 0 amide bonds. The molecule has 2 aromatic rings. The lowest BCUT2D eigenvalue weighted by atomic mass is 10.1. The van der Waals surface area contributed by atoms with E-state index in [9.17, 15) is 0 Å². The predicted molar refractivity (Wildman–Crippen MR) is 74.6 cm³/mol. The van der Waals surface area contributed by atoms with Crippen LogP contribution in [0.3, 0.4) is 0 Å². The topological polar surface area (TPSA) is 53.1 Å². The van der Waals surface area contributed by atoms with Crippen molar-refractivity contribution in [2.75, 3.05) is 12.3 Å². The molecule has 2 rings (SSSR count). The number of nitrogens with zero attached hydrogens (tertiary/aromatic N) is 2. The molecular formula is C14H21N3O. The van der Waals surface area contributed by atoms with E-state index in [1.165, 1.54) is 5.56 Å². The average molecular weight is 247 g/mol. The molecule has 1 heterocycles. The Labute approximate surface area is 108 Å². The van der Waals surface area contributed by atoms with Gasteiger partial charge in [0.25, 0.3) is 0 Å². The average Bonchev–Trinajstić information content (AvgIpc) is 2.56. The number of rotatable bonds is 4. The van der Waals surface area contributed by atoms with Crippen LogP contribution in [0.25, 0.3) is 11.0 Å². The van der Waals surface area contributed by atoms with Gasteiger partial charge in [-0.3, -0.25) is 0 Å². The second-order valence-corrected chi connectivity index (χ2v) is 5.19. The minimum absolute atomic E-state index is 0.251. The summed E-state index contributed by atoms with van der Waals surface area (Å²) in [5, 5.41) is 0. The zero-order valence-corrected chi connectivity index (χ0v) is 11.5. The first-order valence-corrected chi connectivity index (χ1v) is 6.30. The molecule has 1 aromatic heterocycles. The molecule has 0 aliphatic heterocycles. The van der Waals surface area contributed by atoms with Gasteiger partial charge in [-0.05, 0) is 39.3 Å². The van der Waals surface area contributed by atoms with E-state index in [1.54, 1.807) is 0 Å². The van der Waals surface area contributed by atoms with Gasteiger partial charge < -0.3 is 15.0 Å². The summed E-state index contributed by atoms with van der Waals surface area (Å²) in [5.74, 6) is 0.548. The fourth-order valence-corrected chi connectivity index (χ4v) is 2.36. The number of benzene rings is 1. The summed E-state index contributed by atoms with van der Waals surface area (Å²) in [6.07, 6.45) is 0. The Balaban J connectivity index is 2.47. The van der Waals surface area contributed by atoms with Crippen LogP contribution in [-0.2, 0) is 11.3 Å². The minimum atomic E-state index is -0.251. The summed E-state index contributed by atoms with van der Waals surface area (Å²) < 4.78 is 7.78. The fourth-order valence-electron chi connectivity index (χ4n) is 2.36. The van der Waals surface area contributed by atoms with Crippen LogP contribution in [0.1, 0.15) is 26.3 Å².